The molecule has 0 amide bonds. The standard InChI is InChI=1S/C17H26F2N2/c1-17(2,3)20-11-14-5-7-21(12-14)6-4-13-8-15(18)10-16(19)9-13/h8-10,14,20H,4-7,11-12H2,1-3H3. The minimum atomic E-state index is -0.487. The average Bonchev–Trinajstić information content (AvgIpc) is 2.80. The van der Waals surface area contributed by atoms with Crippen molar-refractivity contribution in [3.63, 3.8) is 0 Å². The molecule has 0 bridgehead atoms. The molecule has 1 saturated heterocycles. The van der Waals surface area contributed by atoms with Crippen LogP contribution in [0.4, 0.5) is 8.78 Å². The van der Waals surface area contributed by atoms with E-state index in [0.29, 0.717) is 12.3 Å². The second-order valence-electron chi connectivity index (χ2n) is 7.11. The van der Waals surface area contributed by atoms with Gasteiger partial charge in [-0.2, -0.15) is 0 Å². The zero-order valence-electron chi connectivity index (χ0n) is 13.3. The maximum atomic E-state index is 13.1. The molecule has 2 nitrogen and oxygen atoms in total. The van der Waals surface area contributed by atoms with Gasteiger partial charge in [0, 0.05) is 24.7 Å². The van der Waals surface area contributed by atoms with E-state index in [0.717, 1.165) is 37.8 Å². The summed E-state index contributed by atoms with van der Waals surface area (Å²) < 4.78 is 26.3. The van der Waals surface area contributed by atoms with Crippen LogP contribution >= 0.6 is 0 Å². The molecule has 1 fully saturated rings. The zero-order valence-corrected chi connectivity index (χ0v) is 13.3. The van der Waals surface area contributed by atoms with Crippen LogP contribution < -0.4 is 5.32 Å². The molecular weight excluding hydrogens is 270 g/mol. The average molecular weight is 296 g/mol. The van der Waals surface area contributed by atoms with Crippen LogP contribution in [0.1, 0.15) is 32.8 Å². The first-order chi connectivity index (χ1) is 9.82. The van der Waals surface area contributed by atoms with E-state index in [4.69, 9.17) is 0 Å². The Bertz CT molecular complexity index is 448. The van der Waals surface area contributed by atoms with E-state index in [-0.39, 0.29) is 5.54 Å². The van der Waals surface area contributed by atoms with Gasteiger partial charge in [0.25, 0.3) is 0 Å². The third-order valence-electron chi connectivity index (χ3n) is 3.93. The highest BCUT2D eigenvalue weighted by atomic mass is 19.1. The summed E-state index contributed by atoms with van der Waals surface area (Å²) >= 11 is 0. The normalized spacial score (nSPS) is 20.1. The van der Waals surface area contributed by atoms with Crippen molar-refractivity contribution in [2.24, 2.45) is 5.92 Å². The number of halogens is 2. The molecule has 0 aliphatic carbocycles. The van der Waals surface area contributed by atoms with Gasteiger partial charge in [-0.1, -0.05) is 0 Å². The molecule has 1 heterocycles. The van der Waals surface area contributed by atoms with Gasteiger partial charge >= 0.3 is 0 Å². The number of hydrogen-bond acceptors (Lipinski definition) is 2. The monoisotopic (exact) mass is 296 g/mol. The second kappa shape index (κ2) is 6.84. The Morgan fingerprint density at radius 2 is 1.86 bits per heavy atom. The van der Waals surface area contributed by atoms with Crippen LogP contribution in [-0.2, 0) is 6.42 Å². The fourth-order valence-corrected chi connectivity index (χ4v) is 2.78. The molecular formula is C17H26F2N2. The molecule has 1 aromatic carbocycles. The lowest BCUT2D eigenvalue weighted by molar-refractivity contribution is 0.314. The van der Waals surface area contributed by atoms with E-state index < -0.39 is 11.6 Å². The van der Waals surface area contributed by atoms with Crippen molar-refractivity contribution < 1.29 is 8.78 Å². The van der Waals surface area contributed by atoms with Crippen LogP contribution in [0, 0.1) is 17.6 Å². The third kappa shape index (κ3) is 5.71. The number of nitrogens with zero attached hydrogens (tertiary/aromatic N) is 1. The molecule has 1 aliphatic heterocycles. The fourth-order valence-electron chi connectivity index (χ4n) is 2.78. The van der Waals surface area contributed by atoms with Crippen molar-refractivity contribution in [2.45, 2.75) is 39.2 Å². The van der Waals surface area contributed by atoms with Gasteiger partial charge in [0.2, 0.25) is 0 Å². The maximum absolute atomic E-state index is 13.1. The van der Waals surface area contributed by atoms with Crippen molar-refractivity contribution >= 4 is 0 Å². The van der Waals surface area contributed by atoms with Gasteiger partial charge < -0.3 is 10.2 Å². The van der Waals surface area contributed by atoms with Crippen LogP contribution in [0.5, 0.6) is 0 Å². The van der Waals surface area contributed by atoms with Gasteiger partial charge in [0.15, 0.2) is 0 Å². The summed E-state index contributed by atoms with van der Waals surface area (Å²) in [7, 11) is 0. The first-order valence-electron chi connectivity index (χ1n) is 7.74. The first kappa shape index (κ1) is 16.4. The molecule has 2 rings (SSSR count). The van der Waals surface area contributed by atoms with E-state index >= 15 is 0 Å². The van der Waals surface area contributed by atoms with Gasteiger partial charge in [0.1, 0.15) is 11.6 Å². The van der Waals surface area contributed by atoms with Crippen molar-refractivity contribution in [1.29, 1.82) is 0 Å². The molecule has 1 aromatic rings. The summed E-state index contributed by atoms with van der Waals surface area (Å²) in [5.74, 6) is -0.300. The van der Waals surface area contributed by atoms with Gasteiger partial charge in [-0.15, -0.1) is 0 Å². The number of likely N-dealkylation sites (tertiary alicyclic amines) is 1. The Labute approximate surface area is 126 Å². The predicted octanol–water partition coefficient (Wildman–Crippen LogP) is 3.22. The number of rotatable bonds is 5. The molecule has 0 spiro atoms. The maximum Gasteiger partial charge on any atom is 0.126 e. The van der Waals surface area contributed by atoms with Gasteiger partial charge in [0.05, 0.1) is 0 Å². The smallest absolute Gasteiger partial charge is 0.126 e. The Balaban J connectivity index is 1.75. The molecule has 118 valence electrons. The number of hydrogen-bond donors (Lipinski definition) is 1. The second-order valence-corrected chi connectivity index (χ2v) is 7.11. The summed E-state index contributed by atoms with van der Waals surface area (Å²) in [6, 6.07) is 3.78. The molecule has 0 aromatic heterocycles. The van der Waals surface area contributed by atoms with Gasteiger partial charge in [-0.3, -0.25) is 0 Å². The summed E-state index contributed by atoms with van der Waals surface area (Å²) in [5, 5.41) is 3.55. The first-order valence-corrected chi connectivity index (χ1v) is 7.74. The minimum Gasteiger partial charge on any atom is -0.312 e. The van der Waals surface area contributed by atoms with Crippen molar-refractivity contribution in [1.82, 2.24) is 10.2 Å². The van der Waals surface area contributed by atoms with E-state index in [2.05, 4.69) is 31.0 Å². The highest BCUT2D eigenvalue weighted by Gasteiger charge is 2.23. The summed E-state index contributed by atoms with van der Waals surface area (Å²) in [4.78, 5) is 2.39. The SMILES string of the molecule is CC(C)(C)NCC1CCN(CCc2cc(F)cc(F)c2)C1. The van der Waals surface area contributed by atoms with E-state index in [1.54, 1.807) is 0 Å². The lowest BCUT2D eigenvalue weighted by Crippen LogP contribution is -2.39. The van der Waals surface area contributed by atoms with Crippen LogP contribution in [0.2, 0.25) is 0 Å². The number of benzene rings is 1. The molecule has 21 heavy (non-hydrogen) atoms. The summed E-state index contributed by atoms with van der Waals surface area (Å²) in [6.07, 6.45) is 1.90. The van der Waals surface area contributed by atoms with Crippen LogP contribution in [0.3, 0.4) is 0 Å². The summed E-state index contributed by atoms with van der Waals surface area (Å²) in [5.41, 5.74) is 0.899. The molecule has 0 saturated carbocycles. The quantitative estimate of drug-likeness (QED) is 0.897. The van der Waals surface area contributed by atoms with E-state index in [1.807, 2.05) is 0 Å². The topological polar surface area (TPSA) is 15.3 Å². The Morgan fingerprint density at radius 1 is 1.19 bits per heavy atom. The van der Waals surface area contributed by atoms with Crippen molar-refractivity contribution in [2.75, 3.05) is 26.2 Å². The Kier molecular flexibility index (Phi) is 5.33. The lowest BCUT2D eigenvalue weighted by atomic mass is 10.1. The lowest BCUT2D eigenvalue weighted by Gasteiger charge is -2.23. The highest BCUT2D eigenvalue weighted by Crippen LogP contribution is 2.17. The largest absolute Gasteiger partial charge is 0.312 e. The zero-order chi connectivity index (χ0) is 15.5. The summed E-state index contributed by atoms with van der Waals surface area (Å²) in [6.45, 7) is 10.6. The molecule has 1 aliphatic rings. The third-order valence-corrected chi connectivity index (χ3v) is 3.93. The van der Waals surface area contributed by atoms with Crippen LogP contribution in [0.25, 0.3) is 0 Å². The fraction of sp³-hybridized carbons (Fsp3) is 0.647. The Hall–Kier alpha value is -1.00. The molecule has 1 N–H and O–H groups in total. The van der Waals surface area contributed by atoms with Gasteiger partial charge in [-0.05, 0) is 70.3 Å². The van der Waals surface area contributed by atoms with Gasteiger partial charge in [-0.25, -0.2) is 8.78 Å². The highest BCUT2D eigenvalue weighted by molar-refractivity contribution is 5.18. The molecule has 4 heteroatoms. The Morgan fingerprint density at radius 3 is 2.48 bits per heavy atom. The van der Waals surface area contributed by atoms with Crippen molar-refractivity contribution in [3.8, 4) is 0 Å². The van der Waals surface area contributed by atoms with E-state index in [9.17, 15) is 8.78 Å². The van der Waals surface area contributed by atoms with Crippen molar-refractivity contribution in [3.05, 3.63) is 35.4 Å². The molecule has 1 atom stereocenters. The van der Waals surface area contributed by atoms with Crippen LogP contribution in [0.15, 0.2) is 18.2 Å². The van der Waals surface area contributed by atoms with E-state index in [1.165, 1.54) is 18.6 Å². The minimum absolute atomic E-state index is 0.159. The number of nitrogens with one attached hydrogen (secondary N) is 1. The predicted molar refractivity (Wildman–Crippen MR) is 82.4 cm³/mol. The molecule has 0 radical (unpaired) electrons. The molecule has 1 unspecified atom stereocenters. The van der Waals surface area contributed by atoms with Crippen LogP contribution in [-0.4, -0.2) is 36.6 Å².